The fraction of sp³-hybridized carbons (Fsp3) is 0. The molecule has 5 N–H and O–H groups in total. The topological polar surface area (TPSA) is 81.1 Å². The van der Waals surface area contributed by atoms with Gasteiger partial charge in [-0.3, -0.25) is 4.79 Å². The lowest BCUT2D eigenvalue weighted by atomic mass is 10.1. The Morgan fingerprint density at radius 2 is 1.33 bits per heavy atom. The second-order valence-corrected chi connectivity index (χ2v) is 4.19. The van der Waals surface area contributed by atoms with Crippen LogP contribution in [0.25, 0.3) is 0 Å². The zero-order valence-electron chi connectivity index (χ0n) is 10.4. The van der Waals surface area contributed by atoms with Gasteiger partial charge in [0.2, 0.25) is 0 Å². The highest BCUT2D eigenvalue weighted by Crippen LogP contribution is 2.25. The number of nitrogen functional groups attached to an aromatic ring is 2. The molecular weight excluding hydrogens is 290 g/mol. The quantitative estimate of drug-likeness (QED) is 0.453. The summed E-state index contributed by atoms with van der Waals surface area (Å²) in [5, 5.41) is 1.75. The van der Waals surface area contributed by atoms with Gasteiger partial charge in [-0.2, -0.15) is 0 Å². The van der Waals surface area contributed by atoms with E-state index in [0.29, 0.717) is 0 Å². The number of nitrogens with two attached hydrogens (primary N) is 2. The maximum Gasteiger partial charge on any atom is 0.255 e. The number of nitrogens with one attached hydrogen (secondary N) is 1. The summed E-state index contributed by atoms with van der Waals surface area (Å²) in [6.45, 7) is 0. The van der Waals surface area contributed by atoms with E-state index < -0.39 is 34.9 Å². The molecule has 0 aliphatic rings. The predicted molar refractivity (Wildman–Crippen MR) is 69.5 cm³/mol. The first-order chi connectivity index (χ1) is 9.79. The van der Waals surface area contributed by atoms with Gasteiger partial charge < -0.3 is 16.8 Å². The van der Waals surface area contributed by atoms with E-state index in [4.69, 9.17) is 11.5 Å². The van der Waals surface area contributed by atoms with Gasteiger partial charge >= 0.3 is 0 Å². The van der Waals surface area contributed by atoms with Crippen molar-refractivity contribution in [2.24, 2.45) is 0 Å². The molecule has 21 heavy (non-hydrogen) atoms. The van der Waals surface area contributed by atoms with Gasteiger partial charge in [-0.15, -0.1) is 0 Å². The van der Waals surface area contributed by atoms with E-state index in [2.05, 4.69) is 0 Å². The van der Waals surface area contributed by atoms with Crippen LogP contribution in [-0.2, 0) is 0 Å². The second kappa shape index (κ2) is 5.31. The summed E-state index contributed by atoms with van der Waals surface area (Å²) in [4.78, 5) is 11.8. The van der Waals surface area contributed by atoms with Gasteiger partial charge in [-0.25, -0.2) is 17.6 Å². The number of hydrogen-bond acceptors (Lipinski definition) is 3. The third kappa shape index (κ3) is 2.88. The van der Waals surface area contributed by atoms with Gasteiger partial charge in [0.1, 0.15) is 5.69 Å². The van der Waals surface area contributed by atoms with E-state index in [0.717, 1.165) is 0 Å². The van der Waals surface area contributed by atoms with Crippen LogP contribution in [0, 0.1) is 23.3 Å². The van der Waals surface area contributed by atoms with Crippen LogP contribution < -0.4 is 16.8 Å². The van der Waals surface area contributed by atoms with Crippen LogP contribution >= 0.6 is 0 Å². The molecule has 0 fully saturated rings. The highest BCUT2D eigenvalue weighted by Gasteiger charge is 2.21. The zero-order chi connectivity index (χ0) is 15.7. The summed E-state index contributed by atoms with van der Waals surface area (Å²) < 4.78 is 52.9. The Morgan fingerprint density at radius 1 is 0.857 bits per heavy atom. The van der Waals surface area contributed by atoms with Crippen LogP contribution in [-0.4, -0.2) is 5.91 Å². The van der Waals surface area contributed by atoms with Crippen molar-refractivity contribution in [2.45, 2.75) is 0 Å². The Bertz CT molecular complexity index is 687. The average molecular weight is 299 g/mol. The molecule has 0 aliphatic heterocycles. The van der Waals surface area contributed by atoms with Crippen LogP contribution in [0.5, 0.6) is 0 Å². The normalized spacial score (nSPS) is 10.5. The first kappa shape index (κ1) is 14.6. The van der Waals surface area contributed by atoms with Gasteiger partial charge in [0.05, 0.1) is 0 Å². The maximum atomic E-state index is 13.4. The van der Waals surface area contributed by atoms with E-state index in [-0.39, 0.29) is 23.0 Å². The van der Waals surface area contributed by atoms with Gasteiger partial charge in [-0.05, 0) is 18.2 Å². The third-order valence-electron chi connectivity index (χ3n) is 2.59. The summed E-state index contributed by atoms with van der Waals surface area (Å²) >= 11 is 0. The molecule has 0 aromatic heterocycles. The Kier molecular flexibility index (Phi) is 3.70. The SMILES string of the molecule is Nc1cc(N)cc(C(=O)Nc2c(F)c(F)cc(F)c2F)c1. The van der Waals surface area contributed by atoms with Crippen molar-refractivity contribution in [3.63, 3.8) is 0 Å². The second-order valence-electron chi connectivity index (χ2n) is 4.19. The number of halogens is 4. The van der Waals surface area contributed by atoms with Gasteiger partial charge in [0.25, 0.3) is 5.91 Å². The molecule has 0 radical (unpaired) electrons. The van der Waals surface area contributed by atoms with E-state index in [1.807, 2.05) is 0 Å². The summed E-state index contributed by atoms with van der Waals surface area (Å²) in [6.07, 6.45) is 0. The van der Waals surface area contributed by atoms with Crippen LogP contribution in [0.4, 0.5) is 34.6 Å². The molecule has 0 spiro atoms. The molecular formula is C13H9F4N3O. The third-order valence-corrected chi connectivity index (χ3v) is 2.59. The van der Waals surface area contributed by atoms with Crippen molar-refractivity contribution in [1.29, 1.82) is 0 Å². The summed E-state index contributed by atoms with van der Waals surface area (Å²) in [5.74, 6) is -7.69. The molecule has 0 aliphatic carbocycles. The lowest BCUT2D eigenvalue weighted by molar-refractivity contribution is 0.102. The Hall–Kier alpha value is -2.77. The Labute approximate surface area is 116 Å². The van der Waals surface area contributed by atoms with Gasteiger partial charge in [0.15, 0.2) is 23.3 Å². The first-order valence-electron chi connectivity index (χ1n) is 5.60. The summed E-state index contributed by atoms with van der Waals surface area (Å²) in [6, 6.07) is 3.78. The minimum Gasteiger partial charge on any atom is -0.399 e. The molecule has 0 saturated heterocycles. The van der Waals surface area contributed by atoms with Gasteiger partial charge in [-0.1, -0.05) is 0 Å². The Balaban J connectivity index is 2.40. The summed E-state index contributed by atoms with van der Waals surface area (Å²) in [5.41, 5.74) is 9.89. The van der Waals surface area contributed by atoms with E-state index in [1.165, 1.54) is 18.2 Å². The highest BCUT2D eigenvalue weighted by atomic mass is 19.2. The maximum absolute atomic E-state index is 13.4. The molecule has 4 nitrogen and oxygen atoms in total. The largest absolute Gasteiger partial charge is 0.399 e. The first-order valence-corrected chi connectivity index (χ1v) is 5.60. The van der Waals surface area contributed by atoms with Gasteiger partial charge in [0, 0.05) is 23.0 Å². The van der Waals surface area contributed by atoms with E-state index in [9.17, 15) is 22.4 Å². The lowest BCUT2D eigenvalue weighted by Gasteiger charge is -2.10. The number of amides is 1. The number of rotatable bonds is 2. The molecule has 2 aromatic rings. The monoisotopic (exact) mass is 299 g/mol. The minimum absolute atomic E-state index is 0.0405. The predicted octanol–water partition coefficient (Wildman–Crippen LogP) is 2.66. The van der Waals surface area contributed by atoms with Crippen molar-refractivity contribution in [1.82, 2.24) is 0 Å². The lowest BCUT2D eigenvalue weighted by Crippen LogP contribution is -2.16. The fourth-order valence-corrected chi connectivity index (χ4v) is 1.68. The number of hydrogen-bond donors (Lipinski definition) is 3. The molecule has 2 rings (SSSR count). The smallest absolute Gasteiger partial charge is 0.255 e. The van der Waals surface area contributed by atoms with Crippen LogP contribution in [0.15, 0.2) is 24.3 Å². The Morgan fingerprint density at radius 3 is 1.81 bits per heavy atom. The standard InChI is InChI=1S/C13H9F4N3O/c14-8-4-9(15)11(17)12(10(8)16)20-13(21)5-1-6(18)3-7(19)2-5/h1-4H,18-19H2,(H,20,21). The molecule has 8 heteroatoms. The van der Waals surface area contributed by atoms with Crippen molar-refractivity contribution < 1.29 is 22.4 Å². The number of carbonyl (C=O) groups is 1. The molecule has 0 heterocycles. The van der Waals surface area contributed by atoms with E-state index in [1.54, 1.807) is 5.32 Å². The van der Waals surface area contributed by atoms with Crippen molar-refractivity contribution in [3.05, 3.63) is 53.1 Å². The molecule has 0 atom stereocenters. The molecule has 0 unspecified atom stereocenters. The van der Waals surface area contributed by atoms with Crippen molar-refractivity contribution >= 4 is 23.0 Å². The average Bonchev–Trinajstić information content (AvgIpc) is 2.40. The minimum atomic E-state index is -1.71. The fourth-order valence-electron chi connectivity index (χ4n) is 1.68. The van der Waals surface area contributed by atoms with E-state index >= 15 is 0 Å². The molecule has 2 aromatic carbocycles. The summed E-state index contributed by atoms with van der Waals surface area (Å²) in [7, 11) is 0. The number of anilines is 3. The van der Waals surface area contributed by atoms with Crippen molar-refractivity contribution in [2.75, 3.05) is 16.8 Å². The van der Waals surface area contributed by atoms with Crippen LogP contribution in [0.1, 0.15) is 10.4 Å². The molecule has 0 bridgehead atoms. The van der Waals surface area contributed by atoms with Crippen LogP contribution in [0.3, 0.4) is 0 Å². The number of carbonyl (C=O) groups excluding carboxylic acids is 1. The molecule has 110 valence electrons. The zero-order valence-corrected chi connectivity index (χ0v) is 10.4. The molecule has 0 saturated carbocycles. The number of benzene rings is 2. The highest BCUT2D eigenvalue weighted by molar-refractivity contribution is 6.05. The van der Waals surface area contributed by atoms with Crippen LogP contribution in [0.2, 0.25) is 0 Å². The molecule has 1 amide bonds. The van der Waals surface area contributed by atoms with Crippen molar-refractivity contribution in [3.8, 4) is 0 Å².